The number of aryl methyl sites for hydroxylation is 1. The molecule has 4 nitrogen and oxygen atoms in total. The van der Waals surface area contributed by atoms with Gasteiger partial charge in [0.25, 0.3) is 0 Å². The van der Waals surface area contributed by atoms with Crippen molar-refractivity contribution in [1.82, 2.24) is 20.2 Å². The van der Waals surface area contributed by atoms with Crippen LogP contribution in [0.1, 0.15) is 6.92 Å². The third-order valence-electron chi connectivity index (χ3n) is 2.74. The number of hydrogen-bond donors (Lipinski definition) is 0. The molecule has 0 saturated heterocycles. The molecule has 1 heterocycles. The quantitative estimate of drug-likeness (QED) is 0.671. The van der Waals surface area contributed by atoms with Gasteiger partial charge in [0.1, 0.15) is 0 Å². The van der Waals surface area contributed by atoms with E-state index in [-0.39, 0.29) is 0 Å². The van der Waals surface area contributed by atoms with Crippen LogP contribution in [-0.4, -0.2) is 20.2 Å². The Morgan fingerprint density at radius 2 is 1.88 bits per heavy atom. The molecule has 3 aromatic rings. The summed E-state index contributed by atoms with van der Waals surface area (Å²) in [5.74, 6) is 0.678. The fraction of sp³-hybridized carbons (Fsp3) is 0.154. The minimum atomic E-state index is 0.678. The molecule has 0 N–H and O–H groups in total. The van der Waals surface area contributed by atoms with Crippen molar-refractivity contribution < 1.29 is 0 Å². The van der Waals surface area contributed by atoms with Gasteiger partial charge in [-0.2, -0.15) is 4.80 Å². The Balaban J connectivity index is 2.11. The molecule has 0 bridgehead atoms. The summed E-state index contributed by atoms with van der Waals surface area (Å²) in [6.45, 7) is 2.73. The first-order valence-electron chi connectivity index (χ1n) is 5.64. The highest BCUT2D eigenvalue weighted by molar-refractivity contribution is 5.86. The highest BCUT2D eigenvalue weighted by atomic mass is 15.6. The Morgan fingerprint density at radius 1 is 1.06 bits per heavy atom. The van der Waals surface area contributed by atoms with E-state index in [1.54, 1.807) is 4.80 Å². The van der Waals surface area contributed by atoms with Gasteiger partial charge in [0, 0.05) is 5.56 Å². The molecule has 2 aromatic carbocycles. The summed E-state index contributed by atoms with van der Waals surface area (Å²) in [6, 6.07) is 14.4. The topological polar surface area (TPSA) is 43.6 Å². The summed E-state index contributed by atoms with van der Waals surface area (Å²) in [4.78, 5) is 1.59. The number of tetrazole rings is 1. The number of hydrogen-bond acceptors (Lipinski definition) is 3. The predicted octanol–water partition coefficient (Wildman–Crippen LogP) is 2.51. The van der Waals surface area contributed by atoms with E-state index in [1.807, 2.05) is 25.1 Å². The van der Waals surface area contributed by atoms with E-state index in [9.17, 15) is 0 Å². The van der Waals surface area contributed by atoms with Crippen molar-refractivity contribution >= 4 is 10.8 Å². The smallest absolute Gasteiger partial charge is 0.164 e. The van der Waals surface area contributed by atoms with Crippen LogP contribution in [0, 0.1) is 0 Å². The van der Waals surface area contributed by atoms with E-state index in [0.717, 1.165) is 12.1 Å². The zero-order valence-corrected chi connectivity index (χ0v) is 9.54. The van der Waals surface area contributed by atoms with Crippen molar-refractivity contribution in [2.75, 3.05) is 0 Å². The zero-order chi connectivity index (χ0) is 11.7. The highest BCUT2D eigenvalue weighted by Gasteiger charge is 2.05. The van der Waals surface area contributed by atoms with E-state index in [4.69, 9.17) is 0 Å². The summed E-state index contributed by atoms with van der Waals surface area (Å²) >= 11 is 0. The molecule has 0 aliphatic heterocycles. The Morgan fingerprint density at radius 3 is 2.65 bits per heavy atom. The fourth-order valence-electron chi connectivity index (χ4n) is 1.82. The molecule has 0 fully saturated rings. The van der Waals surface area contributed by atoms with E-state index in [1.165, 1.54) is 10.8 Å². The highest BCUT2D eigenvalue weighted by Crippen LogP contribution is 2.21. The molecule has 4 heteroatoms. The Labute approximate surface area is 98.9 Å². The predicted molar refractivity (Wildman–Crippen MR) is 66.4 cm³/mol. The van der Waals surface area contributed by atoms with Gasteiger partial charge in [-0.15, -0.1) is 10.2 Å². The molecule has 0 unspecified atom stereocenters. The first-order chi connectivity index (χ1) is 8.36. The molecule has 0 radical (unpaired) electrons. The van der Waals surface area contributed by atoms with Gasteiger partial charge >= 0.3 is 0 Å². The van der Waals surface area contributed by atoms with Gasteiger partial charge in [-0.05, 0) is 29.0 Å². The van der Waals surface area contributed by atoms with Crippen molar-refractivity contribution in [3.63, 3.8) is 0 Å². The lowest BCUT2D eigenvalue weighted by molar-refractivity contribution is 0.553. The second kappa shape index (κ2) is 3.97. The van der Waals surface area contributed by atoms with Crippen molar-refractivity contribution in [2.45, 2.75) is 13.5 Å². The number of nitrogens with zero attached hydrogens (tertiary/aromatic N) is 4. The number of fused-ring (bicyclic) bond motifs is 1. The monoisotopic (exact) mass is 224 g/mol. The van der Waals surface area contributed by atoms with Crippen LogP contribution in [0.2, 0.25) is 0 Å². The van der Waals surface area contributed by atoms with Gasteiger partial charge in [0.05, 0.1) is 6.54 Å². The van der Waals surface area contributed by atoms with Crippen molar-refractivity contribution in [1.29, 1.82) is 0 Å². The van der Waals surface area contributed by atoms with Crippen molar-refractivity contribution in [3.05, 3.63) is 42.5 Å². The molecule has 0 spiro atoms. The number of aromatic nitrogens is 4. The molecule has 17 heavy (non-hydrogen) atoms. The summed E-state index contributed by atoms with van der Waals surface area (Å²) < 4.78 is 0. The molecule has 0 atom stereocenters. The standard InChI is InChI=1S/C13H12N4/c1-2-17-15-13(14-16-17)12-8-7-10-5-3-4-6-11(10)9-12/h3-9H,2H2,1H3. The molecule has 0 saturated carbocycles. The first kappa shape index (κ1) is 9.96. The van der Waals surface area contributed by atoms with Crippen molar-refractivity contribution in [3.8, 4) is 11.4 Å². The molecular formula is C13H12N4. The zero-order valence-electron chi connectivity index (χ0n) is 9.54. The minimum absolute atomic E-state index is 0.678. The summed E-state index contributed by atoms with van der Waals surface area (Å²) in [7, 11) is 0. The second-order valence-electron chi connectivity index (χ2n) is 3.86. The van der Waals surface area contributed by atoms with Crippen LogP contribution in [0.4, 0.5) is 0 Å². The lowest BCUT2D eigenvalue weighted by Crippen LogP contribution is -1.98. The molecule has 0 amide bonds. The Hall–Kier alpha value is -2.23. The maximum absolute atomic E-state index is 4.30. The van der Waals surface area contributed by atoms with Gasteiger partial charge in [0.15, 0.2) is 0 Å². The second-order valence-corrected chi connectivity index (χ2v) is 3.86. The molecule has 0 aliphatic rings. The van der Waals surface area contributed by atoms with E-state index >= 15 is 0 Å². The normalized spacial score (nSPS) is 10.9. The third-order valence-corrected chi connectivity index (χ3v) is 2.74. The lowest BCUT2D eigenvalue weighted by Gasteiger charge is -1.99. The van der Waals surface area contributed by atoms with Crippen LogP contribution in [-0.2, 0) is 6.54 Å². The number of rotatable bonds is 2. The summed E-state index contributed by atoms with van der Waals surface area (Å²) in [5.41, 5.74) is 1.00. The summed E-state index contributed by atoms with van der Waals surface area (Å²) in [5, 5.41) is 14.7. The van der Waals surface area contributed by atoms with E-state index < -0.39 is 0 Å². The van der Waals surface area contributed by atoms with Gasteiger partial charge < -0.3 is 0 Å². The van der Waals surface area contributed by atoms with E-state index in [2.05, 4.69) is 39.7 Å². The average molecular weight is 224 g/mol. The van der Waals surface area contributed by atoms with E-state index in [0.29, 0.717) is 5.82 Å². The maximum Gasteiger partial charge on any atom is 0.204 e. The van der Waals surface area contributed by atoms with Crippen molar-refractivity contribution in [2.24, 2.45) is 0 Å². The van der Waals surface area contributed by atoms with Crippen LogP contribution in [0.15, 0.2) is 42.5 Å². The van der Waals surface area contributed by atoms with Crippen LogP contribution in [0.25, 0.3) is 22.2 Å². The molecule has 0 aliphatic carbocycles. The maximum atomic E-state index is 4.30. The molecule has 3 rings (SSSR count). The Kier molecular flexibility index (Phi) is 2.33. The molecule has 1 aromatic heterocycles. The van der Waals surface area contributed by atoms with Crippen LogP contribution in [0.3, 0.4) is 0 Å². The SMILES string of the molecule is CCn1nnc(-c2ccc3ccccc3c2)n1. The Bertz CT molecular complexity index is 657. The van der Waals surface area contributed by atoms with Gasteiger partial charge in [-0.25, -0.2) is 0 Å². The largest absolute Gasteiger partial charge is 0.204 e. The fourth-order valence-corrected chi connectivity index (χ4v) is 1.82. The first-order valence-corrected chi connectivity index (χ1v) is 5.64. The van der Waals surface area contributed by atoms with Crippen LogP contribution in [0.5, 0.6) is 0 Å². The third kappa shape index (κ3) is 1.78. The summed E-state index contributed by atoms with van der Waals surface area (Å²) in [6.07, 6.45) is 0. The van der Waals surface area contributed by atoms with Gasteiger partial charge in [0.2, 0.25) is 5.82 Å². The minimum Gasteiger partial charge on any atom is -0.164 e. The molecular weight excluding hydrogens is 212 g/mol. The molecule has 84 valence electrons. The van der Waals surface area contributed by atoms with Gasteiger partial charge in [-0.1, -0.05) is 36.4 Å². The van der Waals surface area contributed by atoms with Crippen LogP contribution < -0.4 is 0 Å². The van der Waals surface area contributed by atoms with Crippen LogP contribution >= 0.6 is 0 Å². The van der Waals surface area contributed by atoms with Gasteiger partial charge in [-0.3, -0.25) is 0 Å². The lowest BCUT2D eigenvalue weighted by atomic mass is 10.1. The average Bonchev–Trinajstić information content (AvgIpc) is 2.87. The number of benzene rings is 2.